The molecule has 0 saturated carbocycles. The summed E-state index contributed by atoms with van der Waals surface area (Å²) in [6.45, 7) is 1.22. The molecular formula is C18H19FN2O. The van der Waals surface area contributed by atoms with Gasteiger partial charge in [-0.05, 0) is 36.1 Å². The van der Waals surface area contributed by atoms with Crippen LogP contribution in [0.3, 0.4) is 0 Å². The zero-order valence-corrected chi connectivity index (χ0v) is 12.3. The highest BCUT2D eigenvalue weighted by molar-refractivity contribution is 5.75. The number of halogens is 1. The molecule has 0 spiro atoms. The topological polar surface area (TPSA) is 32.3 Å². The first-order valence-corrected chi connectivity index (χ1v) is 7.58. The van der Waals surface area contributed by atoms with Crippen molar-refractivity contribution >= 4 is 6.03 Å². The van der Waals surface area contributed by atoms with Gasteiger partial charge < -0.3 is 10.2 Å². The van der Waals surface area contributed by atoms with Crippen molar-refractivity contribution in [2.45, 2.75) is 25.4 Å². The fourth-order valence-corrected chi connectivity index (χ4v) is 2.95. The van der Waals surface area contributed by atoms with Gasteiger partial charge in [0, 0.05) is 13.1 Å². The molecule has 4 heteroatoms. The van der Waals surface area contributed by atoms with Gasteiger partial charge in [-0.25, -0.2) is 9.18 Å². The van der Waals surface area contributed by atoms with Crippen molar-refractivity contribution in [2.75, 3.05) is 6.54 Å². The predicted octanol–water partition coefficient (Wildman–Crippen LogP) is 3.87. The van der Waals surface area contributed by atoms with Crippen molar-refractivity contribution in [1.29, 1.82) is 0 Å². The highest BCUT2D eigenvalue weighted by Gasteiger charge is 2.29. The molecule has 1 unspecified atom stereocenters. The molecule has 1 fully saturated rings. The van der Waals surface area contributed by atoms with Crippen LogP contribution in [0.4, 0.5) is 9.18 Å². The van der Waals surface area contributed by atoms with Gasteiger partial charge in [0.05, 0.1) is 6.04 Å². The van der Waals surface area contributed by atoms with E-state index in [1.54, 1.807) is 11.0 Å². The minimum absolute atomic E-state index is 0.0357. The normalized spacial score (nSPS) is 17.5. The van der Waals surface area contributed by atoms with Gasteiger partial charge in [0.25, 0.3) is 0 Å². The zero-order valence-electron chi connectivity index (χ0n) is 12.3. The SMILES string of the molecule is O=C(NCc1ccccc1)N1CCCC1c1cccc(F)c1. The molecule has 0 bridgehead atoms. The number of benzene rings is 2. The number of nitrogens with one attached hydrogen (secondary N) is 1. The highest BCUT2D eigenvalue weighted by Crippen LogP contribution is 2.32. The molecule has 1 saturated heterocycles. The first-order chi connectivity index (χ1) is 10.7. The minimum Gasteiger partial charge on any atom is -0.334 e. The summed E-state index contributed by atoms with van der Waals surface area (Å²) in [6.07, 6.45) is 1.82. The van der Waals surface area contributed by atoms with E-state index in [1.165, 1.54) is 12.1 Å². The van der Waals surface area contributed by atoms with Crippen LogP contribution in [0, 0.1) is 5.82 Å². The molecule has 0 aliphatic carbocycles. The third-order valence-electron chi connectivity index (χ3n) is 4.03. The Balaban J connectivity index is 1.66. The lowest BCUT2D eigenvalue weighted by molar-refractivity contribution is 0.192. The van der Waals surface area contributed by atoms with E-state index in [4.69, 9.17) is 0 Å². The summed E-state index contributed by atoms with van der Waals surface area (Å²) in [5.41, 5.74) is 1.93. The van der Waals surface area contributed by atoms with Crippen LogP contribution in [0.1, 0.15) is 30.0 Å². The number of urea groups is 1. The second-order valence-corrected chi connectivity index (χ2v) is 5.55. The Hall–Kier alpha value is -2.36. The van der Waals surface area contributed by atoms with Crippen molar-refractivity contribution in [2.24, 2.45) is 0 Å². The van der Waals surface area contributed by atoms with E-state index in [0.717, 1.165) is 24.0 Å². The molecule has 2 amide bonds. The van der Waals surface area contributed by atoms with Crippen LogP contribution in [0.25, 0.3) is 0 Å². The van der Waals surface area contributed by atoms with Crippen LogP contribution in [0.5, 0.6) is 0 Å². The molecule has 1 atom stereocenters. The number of amides is 2. The Morgan fingerprint density at radius 3 is 2.77 bits per heavy atom. The van der Waals surface area contributed by atoms with Gasteiger partial charge in [-0.2, -0.15) is 0 Å². The van der Waals surface area contributed by atoms with Crippen molar-refractivity contribution < 1.29 is 9.18 Å². The molecule has 1 aliphatic heterocycles. The van der Waals surface area contributed by atoms with Crippen molar-refractivity contribution in [3.05, 3.63) is 71.5 Å². The molecule has 1 heterocycles. The van der Waals surface area contributed by atoms with E-state index in [1.807, 2.05) is 36.4 Å². The number of nitrogens with zero attached hydrogens (tertiary/aromatic N) is 1. The van der Waals surface area contributed by atoms with E-state index in [-0.39, 0.29) is 17.9 Å². The number of hydrogen-bond donors (Lipinski definition) is 1. The van der Waals surface area contributed by atoms with Crippen LogP contribution in [-0.4, -0.2) is 17.5 Å². The first-order valence-electron chi connectivity index (χ1n) is 7.58. The Labute approximate surface area is 129 Å². The van der Waals surface area contributed by atoms with Gasteiger partial charge in [0.1, 0.15) is 5.82 Å². The fraction of sp³-hybridized carbons (Fsp3) is 0.278. The lowest BCUT2D eigenvalue weighted by Crippen LogP contribution is -2.39. The Morgan fingerprint density at radius 1 is 1.18 bits per heavy atom. The number of hydrogen-bond acceptors (Lipinski definition) is 1. The fourth-order valence-electron chi connectivity index (χ4n) is 2.95. The second-order valence-electron chi connectivity index (χ2n) is 5.55. The van der Waals surface area contributed by atoms with Gasteiger partial charge in [0.15, 0.2) is 0 Å². The summed E-state index contributed by atoms with van der Waals surface area (Å²) < 4.78 is 13.4. The summed E-state index contributed by atoms with van der Waals surface area (Å²) in [7, 11) is 0. The van der Waals surface area contributed by atoms with Gasteiger partial charge in [-0.1, -0.05) is 42.5 Å². The van der Waals surface area contributed by atoms with E-state index >= 15 is 0 Å². The van der Waals surface area contributed by atoms with E-state index < -0.39 is 0 Å². The predicted molar refractivity (Wildman–Crippen MR) is 83.8 cm³/mol. The van der Waals surface area contributed by atoms with Crippen LogP contribution < -0.4 is 5.32 Å². The monoisotopic (exact) mass is 298 g/mol. The lowest BCUT2D eigenvalue weighted by Gasteiger charge is -2.25. The Morgan fingerprint density at radius 2 is 2.00 bits per heavy atom. The summed E-state index contributed by atoms with van der Waals surface area (Å²) in [6, 6.07) is 16.2. The molecule has 22 heavy (non-hydrogen) atoms. The van der Waals surface area contributed by atoms with Gasteiger partial charge in [0.2, 0.25) is 0 Å². The van der Waals surface area contributed by atoms with Crippen LogP contribution in [0.2, 0.25) is 0 Å². The molecule has 2 aromatic carbocycles. The lowest BCUT2D eigenvalue weighted by atomic mass is 10.0. The van der Waals surface area contributed by atoms with E-state index in [9.17, 15) is 9.18 Å². The maximum absolute atomic E-state index is 13.4. The molecule has 2 aromatic rings. The van der Waals surface area contributed by atoms with Crippen molar-refractivity contribution in [3.63, 3.8) is 0 Å². The molecule has 1 aliphatic rings. The molecule has 0 aromatic heterocycles. The van der Waals surface area contributed by atoms with Gasteiger partial charge in [-0.15, -0.1) is 0 Å². The third-order valence-corrected chi connectivity index (χ3v) is 4.03. The zero-order chi connectivity index (χ0) is 15.4. The number of rotatable bonds is 3. The second kappa shape index (κ2) is 6.60. The molecule has 0 radical (unpaired) electrons. The minimum atomic E-state index is -0.256. The van der Waals surface area contributed by atoms with E-state index in [0.29, 0.717) is 13.1 Å². The smallest absolute Gasteiger partial charge is 0.318 e. The van der Waals surface area contributed by atoms with Crippen molar-refractivity contribution in [3.8, 4) is 0 Å². The molecule has 1 N–H and O–H groups in total. The summed E-state index contributed by atoms with van der Waals surface area (Å²) in [4.78, 5) is 14.2. The van der Waals surface area contributed by atoms with Crippen LogP contribution in [-0.2, 0) is 6.54 Å². The quantitative estimate of drug-likeness (QED) is 0.916. The number of carbonyl (C=O) groups excluding carboxylic acids is 1. The van der Waals surface area contributed by atoms with Crippen LogP contribution >= 0.6 is 0 Å². The summed E-state index contributed by atoms with van der Waals surface area (Å²) >= 11 is 0. The molecule has 3 rings (SSSR count). The molecule has 3 nitrogen and oxygen atoms in total. The van der Waals surface area contributed by atoms with Crippen molar-refractivity contribution in [1.82, 2.24) is 10.2 Å². The average Bonchev–Trinajstić information content (AvgIpc) is 3.03. The standard InChI is InChI=1S/C18H19FN2O/c19-16-9-4-8-15(12-16)17-10-5-11-21(17)18(22)20-13-14-6-2-1-3-7-14/h1-4,6-9,12,17H,5,10-11,13H2,(H,20,22). The highest BCUT2D eigenvalue weighted by atomic mass is 19.1. The van der Waals surface area contributed by atoms with E-state index in [2.05, 4.69) is 5.32 Å². The molecule has 114 valence electrons. The Kier molecular flexibility index (Phi) is 4.37. The van der Waals surface area contributed by atoms with Crippen LogP contribution in [0.15, 0.2) is 54.6 Å². The van der Waals surface area contributed by atoms with Gasteiger partial charge in [-0.3, -0.25) is 0 Å². The maximum atomic E-state index is 13.4. The number of likely N-dealkylation sites (tertiary alicyclic amines) is 1. The van der Waals surface area contributed by atoms with Gasteiger partial charge >= 0.3 is 6.03 Å². The largest absolute Gasteiger partial charge is 0.334 e. The Bertz CT molecular complexity index is 645. The first kappa shape index (κ1) is 14.6. The summed E-state index contributed by atoms with van der Waals surface area (Å²) in [5.74, 6) is -0.256. The summed E-state index contributed by atoms with van der Waals surface area (Å²) in [5, 5.41) is 2.95. The third kappa shape index (κ3) is 3.27. The average molecular weight is 298 g/mol. The molecular weight excluding hydrogens is 279 g/mol. The number of carbonyl (C=O) groups is 1. The maximum Gasteiger partial charge on any atom is 0.318 e.